The molecule has 23 heavy (non-hydrogen) atoms. The van der Waals surface area contributed by atoms with Crippen LogP contribution < -0.4 is 14.4 Å². The van der Waals surface area contributed by atoms with E-state index in [-0.39, 0.29) is 0 Å². The molecule has 0 saturated heterocycles. The molecule has 0 bridgehead atoms. The molecule has 2 rings (SSSR count). The molecule has 0 aliphatic rings. The van der Waals surface area contributed by atoms with E-state index in [1.165, 1.54) is 10.5 Å². The van der Waals surface area contributed by atoms with Crippen molar-refractivity contribution in [1.29, 1.82) is 0 Å². The third-order valence-corrected chi connectivity index (χ3v) is 4.04. The standard InChI is InChI=1S/C16H24N4O2S/c1-5-19-11-17-20(16(19)23)12-18(3)10-13-7-8-14(22-6-2)15(9-13)21-4/h7-9,11H,5-6,10,12H2,1-4H3/p+1. The van der Waals surface area contributed by atoms with E-state index in [9.17, 15) is 0 Å². The lowest BCUT2D eigenvalue weighted by atomic mass is 10.2. The van der Waals surface area contributed by atoms with Crippen molar-refractivity contribution >= 4 is 12.2 Å². The van der Waals surface area contributed by atoms with E-state index in [1.807, 2.05) is 28.3 Å². The molecule has 0 spiro atoms. The molecular weight excluding hydrogens is 312 g/mol. The van der Waals surface area contributed by atoms with Gasteiger partial charge in [-0.25, -0.2) is 0 Å². The highest BCUT2D eigenvalue weighted by Gasteiger charge is 2.11. The molecule has 0 aliphatic carbocycles. The van der Waals surface area contributed by atoms with Gasteiger partial charge in [-0.05, 0) is 44.3 Å². The Balaban J connectivity index is 2.06. The van der Waals surface area contributed by atoms with Gasteiger partial charge in [0.15, 0.2) is 18.2 Å². The van der Waals surface area contributed by atoms with Crippen LogP contribution in [0.25, 0.3) is 0 Å². The number of aryl methyl sites for hydroxylation is 1. The molecule has 0 fully saturated rings. The number of nitrogens with one attached hydrogen (secondary N) is 1. The van der Waals surface area contributed by atoms with Gasteiger partial charge < -0.3 is 18.9 Å². The Morgan fingerprint density at radius 2 is 2.04 bits per heavy atom. The van der Waals surface area contributed by atoms with E-state index in [0.717, 1.165) is 36.0 Å². The van der Waals surface area contributed by atoms with Crippen LogP contribution in [0.2, 0.25) is 0 Å². The number of quaternary nitrogens is 1. The van der Waals surface area contributed by atoms with Crippen molar-refractivity contribution in [3.63, 3.8) is 0 Å². The average molecular weight is 337 g/mol. The number of aromatic nitrogens is 3. The minimum absolute atomic E-state index is 0.624. The van der Waals surface area contributed by atoms with Gasteiger partial charge in [0.2, 0.25) is 4.77 Å². The second-order valence-corrected chi connectivity index (χ2v) is 5.77. The lowest BCUT2D eigenvalue weighted by Crippen LogP contribution is -3.07. The molecule has 7 heteroatoms. The lowest BCUT2D eigenvalue weighted by Gasteiger charge is -2.15. The number of nitrogens with zero attached hydrogens (tertiary/aromatic N) is 3. The summed E-state index contributed by atoms with van der Waals surface area (Å²) in [4.78, 5) is 1.29. The number of ether oxygens (including phenoxy) is 2. The Bertz CT molecular complexity index is 696. The van der Waals surface area contributed by atoms with Gasteiger partial charge in [-0.1, -0.05) is 0 Å². The smallest absolute Gasteiger partial charge is 0.202 e. The first-order chi connectivity index (χ1) is 11.1. The largest absolute Gasteiger partial charge is 0.493 e. The summed E-state index contributed by atoms with van der Waals surface area (Å²) in [5.74, 6) is 1.55. The summed E-state index contributed by atoms with van der Waals surface area (Å²) in [6, 6.07) is 6.06. The maximum atomic E-state index is 5.55. The van der Waals surface area contributed by atoms with E-state index in [4.69, 9.17) is 21.7 Å². The Hall–Kier alpha value is -1.86. The molecule has 1 aromatic heterocycles. The maximum absolute atomic E-state index is 5.55. The van der Waals surface area contributed by atoms with E-state index >= 15 is 0 Å². The summed E-state index contributed by atoms with van der Waals surface area (Å²) in [5.41, 5.74) is 1.18. The zero-order valence-corrected chi connectivity index (χ0v) is 15.0. The summed E-state index contributed by atoms with van der Waals surface area (Å²) < 4.78 is 15.5. The average Bonchev–Trinajstić information content (AvgIpc) is 2.89. The predicted octanol–water partition coefficient (Wildman–Crippen LogP) is 1.51. The van der Waals surface area contributed by atoms with Crippen LogP contribution in [0.4, 0.5) is 0 Å². The molecule has 6 nitrogen and oxygen atoms in total. The topological polar surface area (TPSA) is 45.7 Å². The van der Waals surface area contributed by atoms with Crippen molar-refractivity contribution in [3.05, 3.63) is 34.9 Å². The van der Waals surface area contributed by atoms with Crippen molar-refractivity contribution in [2.24, 2.45) is 0 Å². The van der Waals surface area contributed by atoms with Gasteiger partial charge in [0.1, 0.15) is 12.9 Å². The highest BCUT2D eigenvalue weighted by atomic mass is 32.1. The van der Waals surface area contributed by atoms with Crippen LogP contribution >= 0.6 is 12.2 Å². The number of hydrogen-bond acceptors (Lipinski definition) is 4. The highest BCUT2D eigenvalue weighted by molar-refractivity contribution is 7.71. The van der Waals surface area contributed by atoms with Crippen LogP contribution in [0.3, 0.4) is 0 Å². The summed E-state index contributed by atoms with van der Waals surface area (Å²) in [6.07, 6.45) is 1.79. The maximum Gasteiger partial charge on any atom is 0.202 e. The number of benzene rings is 1. The Kier molecular flexibility index (Phi) is 6.18. The Morgan fingerprint density at radius 3 is 2.65 bits per heavy atom. The molecule has 1 aromatic carbocycles. The molecule has 2 aromatic rings. The molecule has 126 valence electrons. The SMILES string of the molecule is CCOc1ccc(C[NH+](C)Cn2ncn(CC)c2=S)cc1OC. The van der Waals surface area contributed by atoms with Crippen molar-refractivity contribution in [2.45, 2.75) is 33.6 Å². The minimum Gasteiger partial charge on any atom is -0.493 e. The third-order valence-electron chi connectivity index (χ3n) is 3.59. The van der Waals surface area contributed by atoms with E-state index in [0.29, 0.717) is 6.61 Å². The number of methoxy groups -OCH3 is 1. The van der Waals surface area contributed by atoms with Crippen LogP contribution in [0.15, 0.2) is 24.5 Å². The summed E-state index contributed by atoms with van der Waals surface area (Å²) in [7, 11) is 3.78. The molecule has 1 N–H and O–H groups in total. The molecule has 1 atom stereocenters. The first kappa shape index (κ1) is 17.5. The zero-order chi connectivity index (χ0) is 16.8. The van der Waals surface area contributed by atoms with Gasteiger partial charge in [0.25, 0.3) is 0 Å². The summed E-state index contributed by atoms with van der Waals surface area (Å²) >= 11 is 5.41. The van der Waals surface area contributed by atoms with Gasteiger partial charge in [0, 0.05) is 12.1 Å². The fourth-order valence-electron chi connectivity index (χ4n) is 2.45. The van der Waals surface area contributed by atoms with Crippen LogP contribution in [-0.4, -0.2) is 35.1 Å². The Labute approximate surface area is 142 Å². The van der Waals surface area contributed by atoms with Crippen molar-refractivity contribution in [3.8, 4) is 11.5 Å². The highest BCUT2D eigenvalue weighted by Crippen LogP contribution is 2.27. The molecule has 1 unspecified atom stereocenters. The second kappa shape index (κ2) is 8.12. The van der Waals surface area contributed by atoms with E-state index in [2.05, 4.69) is 25.1 Å². The molecule has 0 aliphatic heterocycles. The van der Waals surface area contributed by atoms with E-state index < -0.39 is 0 Å². The first-order valence-electron chi connectivity index (χ1n) is 7.82. The van der Waals surface area contributed by atoms with Gasteiger partial charge in [-0.2, -0.15) is 9.78 Å². The van der Waals surface area contributed by atoms with Crippen molar-refractivity contribution in [1.82, 2.24) is 14.3 Å². The molecule has 0 amide bonds. The van der Waals surface area contributed by atoms with Crippen LogP contribution in [0, 0.1) is 4.77 Å². The second-order valence-electron chi connectivity index (χ2n) is 5.41. The number of hydrogen-bond donors (Lipinski definition) is 1. The fourth-order valence-corrected chi connectivity index (χ4v) is 2.74. The monoisotopic (exact) mass is 337 g/mol. The predicted molar refractivity (Wildman–Crippen MR) is 91.5 cm³/mol. The zero-order valence-electron chi connectivity index (χ0n) is 14.2. The summed E-state index contributed by atoms with van der Waals surface area (Å²) in [5, 5.41) is 4.35. The Morgan fingerprint density at radius 1 is 1.26 bits per heavy atom. The first-order valence-corrected chi connectivity index (χ1v) is 8.23. The van der Waals surface area contributed by atoms with Crippen LogP contribution in [0.5, 0.6) is 11.5 Å². The lowest BCUT2D eigenvalue weighted by molar-refractivity contribution is -0.917. The molecule has 0 saturated carbocycles. The number of rotatable bonds is 8. The molecule has 0 radical (unpaired) electrons. The fraction of sp³-hybridized carbons (Fsp3) is 0.500. The van der Waals surface area contributed by atoms with Gasteiger partial charge in [0.05, 0.1) is 20.8 Å². The van der Waals surface area contributed by atoms with Crippen molar-refractivity contribution < 1.29 is 14.4 Å². The van der Waals surface area contributed by atoms with E-state index in [1.54, 1.807) is 13.4 Å². The van der Waals surface area contributed by atoms with Gasteiger partial charge >= 0.3 is 0 Å². The molecule has 1 heterocycles. The normalized spacial score (nSPS) is 12.2. The molecular formula is C16H25N4O2S+. The van der Waals surface area contributed by atoms with Gasteiger partial charge in [-0.15, -0.1) is 0 Å². The summed E-state index contributed by atoms with van der Waals surface area (Å²) in [6.45, 7) is 7.06. The van der Waals surface area contributed by atoms with Crippen molar-refractivity contribution in [2.75, 3.05) is 20.8 Å². The van der Waals surface area contributed by atoms with Crippen LogP contribution in [0.1, 0.15) is 19.4 Å². The van der Waals surface area contributed by atoms with Gasteiger partial charge in [-0.3, -0.25) is 0 Å². The van der Waals surface area contributed by atoms with Crippen LogP contribution in [-0.2, 0) is 19.8 Å². The minimum atomic E-state index is 0.624. The third kappa shape index (κ3) is 4.33. The quantitative estimate of drug-likeness (QED) is 0.742.